The predicted molar refractivity (Wildman–Crippen MR) is 91.2 cm³/mol. The summed E-state index contributed by atoms with van der Waals surface area (Å²) in [6.07, 6.45) is 0.638. The van der Waals surface area contributed by atoms with E-state index >= 15 is 0 Å². The Morgan fingerprint density at radius 2 is 1.68 bits per heavy atom. The molecule has 3 nitrogen and oxygen atoms in total. The van der Waals surface area contributed by atoms with E-state index in [2.05, 4.69) is 10.2 Å². The Bertz CT molecular complexity index is 637. The lowest BCUT2D eigenvalue weighted by Gasteiger charge is -2.29. The molecule has 3 rings (SSSR count). The molecule has 0 unspecified atom stereocenters. The highest BCUT2D eigenvalue weighted by molar-refractivity contribution is 6.39. The summed E-state index contributed by atoms with van der Waals surface area (Å²) in [5.41, 5.74) is -1.06. The average Bonchev–Trinajstić information content (AvgIpc) is 3.15. The maximum atomic E-state index is 12.8. The van der Waals surface area contributed by atoms with Crippen LogP contribution in [0.4, 0.5) is 13.2 Å². The number of carbonyl (C=O) groups excluding carboxylic acids is 1. The third kappa shape index (κ3) is 4.07. The van der Waals surface area contributed by atoms with Gasteiger partial charge in [0.25, 0.3) is 5.91 Å². The van der Waals surface area contributed by atoms with Crippen LogP contribution in [0.5, 0.6) is 0 Å². The first kappa shape index (κ1) is 18.8. The van der Waals surface area contributed by atoms with E-state index in [0.29, 0.717) is 0 Å². The molecule has 2 atom stereocenters. The van der Waals surface area contributed by atoms with Gasteiger partial charge in [0, 0.05) is 12.1 Å². The normalized spacial score (nSPS) is 24.7. The van der Waals surface area contributed by atoms with Crippen molar-refractivity contribution in [2.24, 2.45) is 0 Å². The Balaban J connectivity index is 1.77. The van der Waals surface area contributed by atoms with Gasteiger partial charge in [-0.15, -0.1) is 0 Å². The van der Waals surface area contributed by atoms with Gasteiger partial charge in [0.05, 0.1) is 21.2 Å². The van der Waals surface area contributed by atoms with Crippen LogP contribution in [0, 0.1) is 0 Å². The van der Waals surface area contributed by atoms with Gasteiger partial charge in [0.1, 0.15) is 0 Å². The maximum absolute atomic E-state index is 12.8. The number of carbonyl (C=O) groups is 1. The first-order valence-electron chi connectivity index (χ1n) is 8.38. The van der Waals surface area contributed by atoms with Crippen molar-refractivity contribution in [1.29, 1.82) is 0 Å². The monoisotopic (exact) mass is 394 g/mol. The molecular weight excluding hydrogens is 376 g/mol. The third-order valence-electron chi connectivity index (χ3n) is 5.00. The molecule has 0 spiro atoms. The van der Waals surface area contributed by atoms with Gasteiger partial charge < -0.3 is 5.32 Å². The van der Waals surface area contributed by atoms with Crippen molar-refractivity contribution in [1.82, 2.24) is 10.2 Å². The zero-order chi connectivity index (χ0) is 18.2. The van der Waals surface area contributed by atoms with Gasteiger partial charge in [-0.05, 0) is 57.3 Å². The molecule has 25 heavy (non-hydrogen) atoms. The molecule has 1 aliphatic carbocycles. The molecule has 1 aromatic carbocycles. The fourth-order valence-corrected chi connectivity index (χ4v) is 4.47. The predicted octanol–water partition coefficient (Wildman–Crippen LogP) is 4.76. The number of nitrogens with one attached hydrogen (secondary N) is 1. The van der Waals surface area contributed by atoms with Crippen LogP contribution in [0.25, 0.3) is 0 Å². The molecule has 1 N–H and O–H groups in total. The van der Waals surface area contributed by atoms with Crippen LogP contribution in [-0.4, -0.2) is 36.0 Å². The highest BCUT2D eigenvalue weighted by Gasteiger charge is 2.36. The summed E-state index contributed by atoms with van der Waals surface area (Å²) in [4.78, 5) is 15.0. The number of nitrogens with zero attached hydrogens (tertiary/aromatic N) is 1. The standard InChI is InChI=1S/C17H19Cl2F3N2O/c18-11-8-10(17(20,21)22)9-12(19)15(11)16(25)23-13-4-3-5-14(13)24-6-1-2-7-24/h8-9,13-14H,1-7H2,(H,23,25)/t13-,14+/m0/s1. The Morgan fingerprint density at radius 3 is 2.24 bits per heavy atom. The lowest BCUT2D eigenvalue weighted by atomic mass is 10.1. The fraction of sp³-hybridized carbons (Fsp3) is 0.588. The highest BCUT2D eigenvalue weighted by atomic mass is 35.5. The van der Waals surface area contributed by atoms with E-state index < -0.39 is 17.6 Å². The van der Waals surface area contributed by atoms with E-state index in [9.17, 15) is 18.0 Å². The van der Waals surface area contributed by atoms with Gasteiger partial charge in [0.2, 0.25) is 0 Å². The summed E-state index contributed by atoms with van der Waals surface area (Å²) in [7, 11) is 0. The quantitative estimate of drug-likeness (QED) is 0.801. The number of alkyl halides is 3. The second-order valence-corrected chi connectivity index (χ2v) is 7.45. The van der Waals surface area contributed by atoms with Crippen LogP contribution in [0.3, 0.4) is 0 Å². The SMILES string of the molecule is O=C(N[C@H]1CCC[C@H]1N1CCCC1)c1c(Cl)cc(C(F)(F)F)cc1Cl. The van der Waals surface area contributed by atoms with Crippen molar-refractivity contribution < 1.29 is 18.0 Å². The van der Waals surface area contributed by atoms with E-state index in [1.807, 2.05) is 0 Å². The van der Waals surface area contributed by atoms with Crippen LogP contribution in [-0.2, 0) is 6.18 Å². The number of amides is 1. The molecule has 1 aromatic rings. The number of benzene rings is 1. The van der Waals surface area contributed by atoms with Crippen molar-refractivity contribution in [3.63, 3.8) is 0 Å². The van der Waals surface area contributed by atoms with Crippen molar-refractivity contribution >= 4 is 29.1 Å². The summed E-state index contributed by atoms with van der Waals surface area (Å²) in [5.74, 6) is -0.514. The molecule has 0 aromatic heterocycles. The number of likely N-dealkylation sites (tertiary alicyclic amines) is 1. The van der Waals surface area contributed by atoms with Crippen molar-refractivity contribution in [2.45, 2.75) is 50.4 Å². The van der Waals surface area contributed by atoms with Gasteiger partial charge >= 0.3 is 6.18 Å². The van der Waals surface area contributed by atoms with Crippen LogP contribution in [0.1, 0.15) is 48.0 Å². The largest absolute Gasteiger partial charge is 0.416 e. The molecule has 2 aliphatic rings. The van der Waals surface area contributed by atoms with Crippen molar-refractivity contribution in [3.05, 3.63) is 33.3 Å². The molecule has 1 saturated heterocycles. The minimum Gasteiger partial charge on any atom is -0.348 e. The number of hydrogen-bond donors (Lipinski definition) is 1. The van der Waals surface area contributed by atoms with E-state index in [1.54, 1.807) is 0 Å². The van der Waals surface area contributed by atoms with Crippen LogP contribution in [0.15, 0.2) is 12.1 Å². The minimum absolute atomic E-state index is 0.0278. The molecule has 0 bridgehead atoms. The maximum Gasteiger partial charge on any atom is 0.416 e. The van der Waals surface area contributed by atoms with Gasteiger partial charge in [-0.1, -0.05) is 23.2 Å². The van der Waals surface area contributed by atoms with E-state index in [4.69, 9.17) is 23.2 Å². The Labute approximate surface area is 154 Å². The Hall–Kier alpha value is -0.980. The van der Waals surface area contributed by atoms with E-state index in [-0.39, 0.29) is 27.7 Å². The minimum atomic E-state index is -4.56. The number of halogens is 5. The second kappa shape index (κ2) is 7.33. The van der Waals surface area contributed by atoms with Crippen LogP contribution in [0.2, 0.25) is 10.0 Å². The van der Waals surface area contributed by atoms with Gasteiger partial charge in [0.15, 0.2) is 0 Å². The third-order valence-corrected chi connectivity index (χ3v) is 5.60. The summed E-state index contributed by atoms with van der Waals surface area (Å²) in [5, 5.41) is 2.36. The lowest BCUT2D eigenvalue weighted by molar-refractivity contribution is -0.137. The summed E-state index contributed by atoms with van der Waals surface area (Å²) >= 11 is 11.9. The summed E-state index contributed by atoms with van der Waals surface area (Å²) < 4.78 is 38.4. The molecule has 1 amide bonds. The molecule has 1 heterocycles. The van der Waals surface area contributed by atoms with Gasteiger partial charge in [-0.2, -0.15) is 13.2 Å². The van der Waals surface area contributed by atoms with Crippen LogP contribution < -0.4 is 5.32 Å². The topological polar surface area (TPSA) is 32.3 Å². The number of hydrogen-bond acceptors (Lipinski definition) is 2. The Kier molecular flexibility index (Phi) is 5.51. The first-order chi connectivity index (χ1) is 11.8. The average molecular weight is 395 g/mol. The first-order valence-corrected chi connectivity index (χ1v) is 9.14. The van der Waals surface area contributed by atoms with E-state index in [1.165, 1.54) is 0 Å². The Morgan fingerprint density at radius 1 is 1.08 bits per heavy atom. The molecule has 0 radical (unpaired) electrons. The second-order valence-electron chi connectivity index (χ2n) is 6.63. The molecule has 2 fully saturated rings. The molecular formula is C17H19Cl2F3N2O. The van der Waals surface area contributed by atoms with Crippen molar-refractivity contribution in [2.75, 3.05) is 13.1 Å². The van der Waals surface area contributed by atoms with Gasteiger partial charge in [-0.25, -0.2) is 0 Å². The van der Waals surface area contributed by atoms with Gasteiger partial charge in [-0.3, -0.25) is 9.69 Å². The summed E-state index contributed by atoms with van der Waals surface area (Å²) in [6.45, 7) is 2.05. The zero-order valence-corrected chi connectivity index (χ0v) is 15.0. The molecule has 138 valence electrons. The summed E-state index contributed by atoms with van der Waals surface area (Å²) in [6, 6.07) is 1.74. The van der Waals surface area contributed by atoms with Crippen molar-refractivity contribution in [3.8, 4) is 0 Å². The van der Waals surface area contributed by atoms with E-state index in [0.717, 1.165) is 57.3 Å². The van der Waals surface area contributed by atoms with Crippen LogP contribution >= 0.6 is 23.2 Å². The molecule has 1 saturated carbocycles. The molecule has 1 aliphatic heterocycles. The molecule has 8 heteroatoms. The lowest BCUT2D eigenvalue weighted by Crippen LogP contribution is -2.47. The smallest absolute Gasteiger partial charge is 0.348 e. The fourth-order valence-electron chi connectivity index (χ4n) is 3.81. The zero-order valence-electron chi connectivity index (χ0n) is 13.5. The highest BCUT2D eigenvalue weighted by Crippen LogP contribution is 2.36. The number of rotatable bonds is 3.